The van der Waals surface area contributed by atoms with Gasteiger partial charge in [0.1, 0.15) is 6.26 Å². The van der Waals surface area contributed by atoms with Crippen molar-refractivity contribution in [2.75, 3.05) is 0 Å². The van der Waals surface area contributed by atoms with Gasteiger partial charge in [-0.2, -0.15) is 5.10 Å². The first-order chi connectivity index (χ1) is 10.2. The van der Waals surface area contributed by atoms with Gasteiger partial charge in [0.2, 0.25) is 5.89 Å². The lowest BCUT2D eigenvalue weighted by Crippen LogP contribution is -2.33. The molecule has 1 N–H and O–H groups in total. The average molecular weight is 302 g/mol. The fourth-order valence-electron chi connectivity index (χ4n) is 2.09. The molecule has 0 aliphatic heterocycles. The number of oxazole rings is 1. The van der Waals surface area contributed by atoms with Crippen molar-refractivity contribution in [3.8, 4) is 10.8 Å². The van der Waals surface area contributed by atoms with E-state index in [2.05, 4.69) is 29.2 Å². The van der Waals surface area contributed by atoms with E-state index in [0.29, 0.717) is 12.4 Å². The molecule has 3 aromatic heterocycles. The van der Waals surface area contributed by atoms with Gasteiger partial charge in [0.25, 0.3) is 0 Å². The summed E-state index contributed by atoms with van der Waals surface area (Å²) >= 11 is 1.63. The zero-order valence-corrected chi connectivity index (χ0v) is 12.9. The van der Waals surface area contributed by atoms with Crippen molar-refractivity contribution in [3.63, 3.8) is 0 Å². The minimum absolute atomic E-state index is 0.281. The number of aromatic nitrogens is 3. The molecule has 21 heavy (non-hydrogen) atoms. The average Bonchev–Trinajstić information content (AvgIpc) is 3.25. The highest BCUT2D eigenvalue weighted by Gasteiger charge is 2.14. The standard InChI is InChI=1S/C15H18N4OS/c1-11(12(2)19-7-4-6-17-19)16-9-13-10-20-15(18-13)14-5-3-8-21-14/h3-8,10-12,16H,9H2,1-2H3. The molecule has 3 heterocycles. The summed E-state index contributed by atoms with van der Waals surface area (Å²) in [6.07, 6.45) is 5.50. The second kappa shape index (κ2) is 6.24. The van der Waals surface area contributed by atoms with E-state index in [1.807, 2.05) is 34.5 Å². The molecule has 0 aliphatic carbocycles. The van der Waals surface area contributed by atoms with E-state index in [1.54, 1.807) is 23.8 Å². The van der Waals surface area contributed by atoms with Gasteiger partial charge >= 0.3 is 0 Å². The Morgan fingerprint density at radius 1 is 1.38 bits per heavy atom. The zero-order valence-electron chi connectivity index (χ0n) is 12.1. The monoisotopic (exact) mass is 302 g/mol. The first-order valence-electron chi connectivity index (χ1n) is 6.95. The van der Waals surface area contributed by atoms with Crippen molar-refractivity contribution in [1.82, 2.24) is 20.1 Å². The summed E-state index contributed by atoms with van der Waals surface area (Å²) in [4.78, 5) is 5.56. The van der Waals surface area contributed by atoms with Gasteiger partial charge in [-0.15, -0.1) is 11.3 Å². The lowest BCUT2D eigenvalue weighted by molar-refractivity contribution is 0.363. The Hall–Kier alpha value is -1.92. The molecule has 6 heteroatoms. The van der Waals surface area contributed by atoms with Crippen molar-refractivity contribution in [1.29, 1.82) is 0 Å². The van der Waals surface area contributed by atoms with Crippen LogP contribution in [0.3, 0.4) is 0 Å². The molecule has 3 rings (SSSR count). The highest BCUT2D eigenvalue weighted by atomic mass is 32.1. The van der Waals surface area contributed by atoms with Gasteiger partial charge in [0.15, 0.2) is 0 Å². The van der Waals surface area contributed by atoms with Crippen LogP contribution in [0.15, 0.2) is 46.7 Å². The molecule has 0 aromatic carbocycles. The molecule has 2 unspecified atom stereocenters. The minimum atomic E-state index is 0.281. The highest BCUT2D eigenvalue weighted by Crippen LogP contribution is 2.23. The quantitative estimate of drug-likeness (QED) is 0.759. The maximum atomic E-state index is 5.52. The largest absolute Gasteiger partial charge is 0.444 e. The number of nitrogens with one attached hydrogen (secondary N) is 1. The van der Waals surface area contributed by atoms with E-state index in [0.717, 1.165) is 10.6 Å². The predicted octanol–water partition coefficient (Wildman–Crippen LogP) is 3.34. The Kier molecular flexibility index (Phi) is 4.17. The number of thiophene rings is 1. The maximum Gasteiger partial charge on any atom is 0.236 e. The predicted molar refractivity (Wildman–Crippen MR) is 83.1 cm³/mol. The Bertz CT molecular complexity index is 660. The molecule has 0 amide bonds. The van der Waals surface area contributed by atoms with E-state index >= 15 is 0 Å². The SMILES string of the molecule is CC(NCc1coc(-c2cccs2)n1)C(C)n1cccn1. The second-order valence-electron chi connectivity index (χ2n) is 5.02. The van der Waals surface area contributed by atoms with Crippen molar-refractivity contribution in [2.45, 2.75) is 32.5 Å². The number of hydrogen-bond acceptors (Lipinski definition) is 5. The fourth-order valence-corrected chi connectivity index (χ4v) is 2.74. The van der Waals surface area contributed by atoms with Crippen LogP contribution >= 0.6 is 11.3 Å². The molecule has 2 atom stereocenters. The summed E-state index contributed by atoms with van der Waals surface area (Å²) < 4.78 is 7.47. The summed E-state index contributed by atoms with van der Waals surface area (Å²) in [6, 6.07) is 6.51. The molecular weight excluding hydrogens is 284 g/mol. The van der Waals surface area contributed by atoms with E-state index in [4.69, 9.17) is 4.42 Å². The van der Waals surface area contributed by atoms with E-state index in [-0.39, 0.29) is 12.1 Å². The first kappa shape index (κ1) is 14.0. The Balaban J connectivity index is 1.58. The van der Waals surface area contributed by atoms with Crippen molar-refractivity contribution in [3.05, 3.63) is 47.9 Å². The lowest BCUT2D eigenvalue weighted by atomic mass is 10.2. The van der Waals surface area contributed by atoms with Crippen molar-refractivity contribution < 1.29 is 4.42 Å². The molecule has 0 fully saturated rings. The molecule has 0 radical (unpaired) electrons. The van der Waals surface area contributed by atoms with Gasteiger partial charge in [0.05, 0.1) is 16.6 Å². The second-order valence-corrected chi connectivity index (χ2v) is 5.97. The molecule has 0 bridgehead atoms. The van der Waals surface area contributed by atoms with Gasteiger partial charge in [0, 0.05) is 25.0 Å². The van der Waals surface area contributed by atoms with Crippen LogP contribution in [0.4, 0.5) is 0 Å². The summed E-state index contributed by atoms with van der Waals surface area (Å²) in [6.45, 7) is 4.97. The third-order valence-electron chi connectivity index (χ3n) is 3.55. The van der Waals surface area contributed by atoms with Crippen LogP contribution in [-0.4, -0.2) is 20.8 Å². The van der Waals surface area contributed by atoms with Crippen LogP contribution in [0.5, 0.6) is 0 Å². The smallest absolute Gasteiger partial charge is 0.236 e. The molecule has 3 aromatic rings. The van der Waals surface area contributed by atoms with Gasteiger partial charge in [-0.3, -0.25) is 4.68 Å². The van der Waals surface area contributed by atoms with E-state index in [1.165, 1.54) is 0 Å². The summed E-state index contributed by atoms with van der Waals surface area (Å²) in [7, 11) is 0. The minimum Gasteiger partial charge on any atom is -0.444 e. The van der Waals surface area contributed by atoms with E-state index in [9.17, 15) is 0 Å². The number of nitrogens with zero attached hydrogens (tertiary/aromatic N) is 3. The molecule has 0 spiro atoms. The Morgan fingerprint density at radius 3 is 3.00 bits per heavy atom. The van der Waals surface area contributed by atoms with Gasteiger partial charge < -0.3 is 9.73 Å². The molecule has 0 saturated heterocycles. The normalized spacial score (nSPS) is 14.2. The van der Waals surface area contributed by atoms with Crippen molar-refractivity contribution >= 4 is 11.3 Å². The third kappa shape index (κ3) is 3.22. The van der Waals surface area contributed by atoms with Crippen molar-refractivity contribution in [2.24, 2.45) is 0 Å². The van der Waals surface area contributed by atoms with Crippen LogP contribution in [0, 0.1) is 0 Å². The lowest BCUT2D eigenvalue weighted by Gasteiger charge is -2.21. The molecule has 0 aliphatic rings. The first-order valence-corrected chi connectivity index (χ1v) is 7.83. The van der Waals surface area contributed by atoms with Gasteiger partial charge in [-0.25, -0.2) is 4.98 Å². The summed E-state index contributed by atoms with van der Waals surface area (Å²) in [5.74, 6) is 0.689. The van der Waals surface area contributed by atoms with E-state index < -0.39 is 0 Å². The molecule has 110 valence electrons. The van der Waals surface area contributed by atoms with Crippen LogP contribution in [-0.2, 0) is 6.54 Å². The molecule has 0 saturated carbocycles. The van der Waals surface area contributed by atoms with Gasteiger partial charge in [-0.05, 0) is 31.4 Å². The third-order valence-corrected chi connectivity index (χ3v) is 4.41. The molecule has 5 nitrogen and oxygen atoms in total. The van der Waals surface area contributed by atoms with Crippen LogP contribution in [0.25, 0.3) is 10.8 Å². The summed E-state index contributed by atoms with van der Waals surface area (Å²) in [5.41, 5.74) is 0.915. The number of rotatable bonds is 6. The Labute approximate surface area is 127 Å². The highest BCUT2D eigenvalue weighted by molar-refractivity contribution is 7.13. The zero-order chi connectivity index (χ0) is 14.7. The van der Waals surface area contributed by atoms with Crippen LogP contribution in [0.2, 0.25) is 0 Å². The topological polar surface area (TPSA) is 55.9 Å². The van der Waals surface area contributed by atoms with Crippen LogP contribution < -0.4 is 5.32 Å². The maximum absolute atomic E-state index is 5.52. The molecular formula is C15H18N4OS. The van der Waals surface area contributed by atoms with Gasteiger partial charge in [-0.1, -0.05) is 6.07 Å². The summed E-state index contributed by atoms with van der Waals surface area (Å²) in [5, 5.41) is 9.76. The number of hydrogen-bond donors (Lipinski definition) is 1. The van der Waals surface area contributed by atoms with Crippen LogP contribution in [0.1, 0.15) is 25.6 Å². The fraction of sp³-hybridized carbons (Fsp3) is 0.333. The Morgan fingerprint density at radius 2 is 2.29 bits per heavy atom.